The molecule has 0 amide bonds. The molecule has 0 bridgehead atoms. The largest absolute Gasteiger partial charge is 1.00 e. The number of Topliss-reactive ketones (excluding diaryl/α,β-unsaturated/α-hetero) is 1. The topological polar surface area (TPSA) is 44.8 Å². The van der Waals surface area contributed by atoms with E-state index in [-0.39, 0.29) is 29.4 Å². The quantitative estimate of drug-likeness (QED) is 0.482. The van der Waals surface area contributed by atoms with Crippen molar-refractivity contribution >= 4 is 11.5 Å². The monoisotopic (exact) mass is 409 g/mol. The first-order valence-electron chi connectivity index (χ1n) is 7.65. The highest BCUT2D eigenvalue weighted by Crippen LogP contribution is 2.28. The Labute approximate surface area is 159 Å². The number of benzene rings is 2. The van der Waals surface area contributed by atoms with Gasteiger partial charge >= 0.3 is 0 Å². The van der Waals surface area contributed by atoms with Crippen molar-refractivity contribution in [1.82, 2.24) is 4.48 Å². The maximum Gasteiger partial charge on any atom is 0.200 e. The van der Waals surface area contributed by atoms with Crippen molar-refractivity contribution in [2.45, 2.75) is 0 Å². The molecule has 0 heterocycles. The molecule has 0 unspecified atom stereocenters. The number of carbonyl (C=O) groups is 1. The molecule has 6 heteroatoms. The first kappa shape index (κ1) is 21.0. The van der Waals surface area contributed by atoms with E-state index in [4.69, 9.17) is 14.2 Å². The molecule has 0 aliphatic carbocycles. The molecule has 136 valence electrons. The summed E-state index contributed by atoms with van der Waals surface area (Å²) in [5.41, 5.74) is 1.63. The number of nitrogens with zero attached hydrogens (tertiary/aromatic N) is 1. The lowest BCUT2D eigenvalue weighted by atomic mass is 10.1. The van der Waals surface area contributed by atoms with Crippen molar-refractivity contribution in [3.63, 3.8) is 0 Å². The van der Waals surface area contributed by atoms with Crippen LogP contribution >= 0.6 is 0 Å². The molecule has 2 rings (SSSR count). The van der Waals surface area contributed by atoms with Gasteiger partial charge in [-0.05, 0) is 30.3 Å². The molecule has 0 aliphatic heterocycles. The number of quaternary nitrogens is 1. The second-order valence-corrected chi connectivity index (χ2v) is 6.29. The molecule has 2 aromatic rings. The fourth-order valence-electron chi connectivity index (χ4n) is 2.23. The van der Waals surface area contributed by atoms with Gasteiger partial charge in [0.15, 0.2) is 23.9 Å². The van der Waals surface area contributed by atoms with E-state index in [0.717, 1.165) is 5.69 Å². The van der Waals surface area contributed by atoms with Crippen molar-refractivity contribution in [3.05, 3.63) is 48.0 Å². The lowest BCUT2D eigenvalue weighted by Crippen LogP contribution is -3.00. The summed E-state index contributed by atoms with van der Waals surface area (Å²) in [5.74, 6) is 1.67. The van der Waals surface area contributed by atoms with E-state index in [1.807, 2.05) is 24.3 Å². The smallest absolute Gasteiger partial charge is 0.200 e. The summed E-state index contributed by atoms with van der Waals surface area (Å²) in [4.78, 5) is 12.3. The highest BCUT2D eigenvalue weighted by molar-refractivity contribution is 5.97. The van der Waals surface area contributed by atoms with E-state index in [1.54, 1.807) is 32.4 Å². The average molecular weight is 410 g/mol. The maximum atomic E-state index is 12.3. The SMILES string of the molecule is COc1ccc(C(=O)COc2cccc([N+](C)(C)C)c2)cc1OC.[Br-]. The Bertz CT molecular complexity index is 726. The molecule has 5 nitrogen and oxygen atoms in total. The van der Waals surface area contributed by atoms with Gasteiger partial charge in [0.1, 0.15) is 11.4 Å². The van der Waals surface area contributed by atoms with Gasteiger partial charge in [0, 0.05) is 11.6 Å². The minimum Gasteiger partial charge on any atom is -1.00 e. The van der Waals surface area contributed by atoms with Gasteiger partial charge in [-0.25, -0.2) is 0 Å². The Kier molecular flexibility index (Phi) is 7.45. The molecule has 0 N–H and O–H groups in total. The van der Waals surface area contributed by atoms with Crippen LogP contribution in [0.4, 0.5) is 5.69 Å². The van der Waals surface area contributed by atoms with Crippen LogP contribution in [0.3, 0.4) is 0 Å². The minimum atomic E-state index is -0.119. The highest BCUT2D eigenvalue weighted by atomic mass is 79.9. The third kappa shape index (κ3) is 5.47. The highest BCUT2D eigenvalue weighted by Gasteiger charge is 2.14. The van der Waals surface area contributed by atoms with Crippen molar-refractivity contribution in [1.29, 1.82) is 0 Å². The van der Waals surface area contributed by atoms with Crippen molar-refractivity contribution < 1.29 is 36.0 Å². The van der Waals surface area contributed by atoms with Gasteiger partial charge in [0.05, 0.1) is 35.4 Å². The van der Waals surface area contributed by atoms with Gasteiger partial charge in [-0.1, -0.05) is 6.07 Å². The second kappa shape index (κ2) is 8.87. The zero-order valence-electron chi connectivity index (χ0n) is 15.2. The van der Waals surface area contributed by atoms with Gasteiger partial charge < -0.3 is 31.2 Å². The van der Waals surface area contributed by atoms with Crippen LogP contribution in [0.1, 0.15) is 10.4 Å². The Morgan fingerprint density at radius 2 is 1.64 bits per heavy atom. The third-order valence-corrected chi connectivity index (χ3v) is 3.67. The summed E-state index contributed by atoms with van der Waals surface area (Å²) in [5, 5.41) is 0. The van der Waals surface area contributed by atoms with Crippen molar-refractivity contribution in [2.75, 3.05) is 42.0 Å². The van der Waals surface area contributed by atoms with Crippen LogP contribution in [0, 0.1) is 0 Å². The lowest BCUT2D eigenvalue weighted by Gasteiger charge is -2.23. The molecule has 0 spiro atoms. The first-order valence-corrected chi connectivity index (χ1v) is 7.65. The molecule has 0 aromatic heterocycles. The summed E-state index contributed by atoms with van der Waals surface area (Å²) in [6.07, 6.45) is 0. The van der Waals surface area contributed by atoms with Crippen LogP contribution in [-0.4, -0.2) is 47.8 Å². The van der Waals surface area contributed by atoms with Gasteiger partial charge in [-0.15, -0.1) is 0 Å². The second-order valence-electron chi connectivity index (χ2n) is 6.29. The standard InChI is InChI=1S/C19H24NO4.BrH/c1-20(2,3)15-7-6-8-16(12-15)24-13-17(21)14-9-10-18(22-4)19(11-14)23-5;/h6-12H,13H2,1-5H3;1H/q+1;/p-1. The number of hydrogen-bond donors (Lipinski definition) is 0. The lowest BCUT2D eigenvalue weighted by molar-refractivity contribution is -0.0000133. The first-order chi connectivity index (χ1) is 11.3. The fraction of sp³-hybridized carbons (Fsp3) is 0.316. The molecule has 0 saturated heterocycles. The van der Waals surface area contributed by atoms with E-state index < -0.39 is 0 Å². The summed E-state index contributed by atoms with van der Waals surface area (Å²) < 4.78 is 16.7. The van der Waals surface area contributed by atoms with Crippen LogP contribution in [0.2, 0.25) is 0 Å². The predicted octanol–water partition coefficient (Wildman–Crippen LogP) is 0.166. The number of carbonyl (C=O) groups excluding carboxylic acids is 1. The molecular formula is C19H24BrNO4. The number of hydrogen-bond acceptors (Lipinski definition) is 4. The number of rotatable bonds is 7. The molecule has 0 atom stereocenters. The maximum absolute atomic E-state index is 12.3. The zero-order valence-corrected chi connectivity index (χ0v) is 16.8. The average Bonchev–Trinajstić information content (AvgIpc) is 2.58. The molecule has 0 fully saturated rings. The third-order valence-electron chi connectivity index (χ3n) is 3.67. The van der Waals surface area contributed by atoms with E-state index >= 15 is 0 Å². The van der Waals surface area contributed by atoms with E-state index in [9.17, 15) is 4.79 Å². The molecular weight excluding hydrogens is 386 g/mol. The summed E-state index contributed by atoms with van der Waals surface area (Å²) >= 11 is 0. The zero-order chi connectivity index (χ0) is 17.7. The minimum absolute atomic E-state index is 0. The number of ketones is 1. The van der Waals surface area contributed by atoms with E-state index in [2.05, 4.69) is 21.1 Å². The van der Waals surface area contributed by atoms with Crippen LogP contribution in [0.25, 0.3) is 0 Å². The van der Waals surface area contributed by atoms with Crippen LogP contribution in [-0.2, 0) is 0 Å². The van der Waals surface area contributed by atoms with E-state index in [0.29, 0.717) is 27.3 Å². The Morgan fingerprint density at radius 1 is 0.960 bits per heavy atom. The molecule has 0 radical (unpaired) electrons. The number of ether oxygens (including phenoxy) is 3. The molecule has 0 aliphatic rings. The van der Waals surface area contributed by atoms with E-state index in [1.165, 1.54) is 0 Å². The fourth-order valence-corrected chi connectivity index (χ4v) is 2.23. The normalized spacial score (nSPS) is 10.6. The predicted molar refractivity (Wildman–Crippen MR) is 95.4 cm³/mol. The van der Waals surface area contributed by atoms with Gasteiger partial charge in [0.2, 0.25) is 0 Å². The molecule has 25 heavy (non-hydrogen) atoms. The van der Waals surface area contributed by atoms with Gasteiger partial charge in [0.25, 0.3) is 0 Å². The van der Waals surface area contributed by atoms with Crippen LogP contribution < -0.4 is 35.7 Å². The van der Waals surface area contributed by atoms with Crippen LogP contribution in [0.5, 0.6) is 17.2 Å². The molecule has 0 saturated carbocycles. The number of halogens is 1. The van der Waals surface area contributed by atoms with Gasteiger partial charge in [-0.2, -0.15) is 0 Å². The summed E-state index contributed by atoms with van der Waals surface area (Å²) in [6, 6.07) is 12.8. The number of methoxy groups -OCH3 is 2. The van der Waals surface area contributed by atoms with Crippen molar-refractivity contribution in [2.24, 2.45) is 0 Å². The van der Waals surface area contributed by atoms with Crippen LogP contribution in [0.15, 0.2) is 42.5 Å². The van der Waals surface area contributed by atoms with Crippen molar-refractivity contribution in [3.8, 4) is 17.2 Å². The Hall–Kier alpha value is -2.05. The Balaban J connectivity index is 0.00000312. The summed E-state index contributed by atoms with van der Waals surface area (Å²) in [6.45, 7) is -0.0317. The molecule has 2 aromatic carbocycles. The van der Waals surface area contributed by atoms with Gasteiger partial charge in [-0.3, -0.25) is 9.28 Å². The summed E-state index contributed by atoms with van der Waals surface area (Å²) in [7, 11) is 9.33. The Morgan fingerprint density at radius 3 is 2.24 bits per heavy atom.